The third-order valence-electron chi connectivity index (χ3n) is 2.37. The quantitative estimate of drug-likeness (QED) is 0.550. The van der Waals surface area contributed by atoms with E-state index in [-0.39, 0.29) is 0 Å². The molecule has 0 spiro atoms. The summed E-state index contributed by atoms with van der Waals surface area (Å²) in [5, 5.41) is 0. The van der Waals surface area contributed by atoms with Crippen LogP contribution in [0.1, 0.15) is 40.0 Å². The number of allylic oxidation sites excluding steroid dienone is 6. The Kier molecular flexibility index (Phi) is 3.33. The van der Waals surface area contributed by atoms with E-state index >= 15 is 0 Å². The Balaban J connectivity index is 2.40. The maximum atomic E-state index is 2.33. The molecule has 1 aliphatic carbocycles. The molecule has 0 N–H and O–H groups in total. The van der Waals surface area contributed by atoms with E-state index in [4.69, 9.17) is 0 Å². The topological polar surface area (TPSA) is 0 Å². The molecule has 1 rings (SSSR count). The first-order valence-corrected chi connectivity index (χ1v) is 4.74. The van der Waals surface area contributed by atoms with E-state index in [0.29, 0.717) is 0 Å². The SMILES string of the molecule is CC/C=C/CC1=CC(C)=C(C)C1. The molecule has 0 atom stereocenters. The molecule has 0 heteroatoms. The zero-order valence-corrected chi connectivity index (χ0v) is 8.35. The van der Waals surface area contributed by atoms with E-state index in [9.17, 15) is 0 Å². The van der Waals surface area contributed by atoms with Crippen molar-refractivity contribution < 1.29 is 0 Å². The lowest BCUT2D eigenvalue weighted by Crippen LogP contribution is -1.76. The lowest BCUT2D eigenvalue weighted by molar-refractivity contribution is 1.06. The van der Waals surface area contributed by atoms with Crippen molar-refractivity contribution in [3.8, 4) is 0 Å². The van der Waals surface area contributed by atoms with E-state index in [1.165, 1.54) is 17.6 Å². The van der Waals surface area contributed by atoms with E-state index in [2.05, 4.69) is 39.0 Å². The first-order valence-electron chi connectivity index (χ1n) is 4.74. The lowest BCUT2D eigenvalue weighted by Gasteiger charge is -1.96. The summed E-state index contributed by atoms with van der Waals surface area (Å²) in [5.41, 5.74) is 4.57. The van der Waals surface area contributed by atoms with Crippen molar-refractivity contribution in [2.75, 3.05) is 0 Å². The van der Waals surface area contributed by atoms with Crippen LogP contribution in [0.4, 0.5) is 0 Å². The minimum atomic E-state index is 1.14. The summed E-state index contributed by atoms with van der Waals surface area (Å²) in [6, 6.07) is 0. The van der Waals surface area contributed by atoms with Crippen molar-refractivity contribution in [3.05, 3.63) is 34.9 Å². The first kappa shape index (κ1) is 9.31. The van der Waals surface area contributed by atoms with Crippen LogP contribution in [0.15, 0.2) is 34.9 Å². The smallest absolute Gasteiger partial charge is 0.00992 e. The van der Waals surface area contributed by atoms with Crippen LogP contribution in [0, 0.1) is 0 Å². The molecule has 0 radical (unpaired) electrons. The fraction of sp³-hybridized carbons (Fsp3) is 0.500. The molecule has 0 unspecified atom stereocenters. The lowest BCUT2D eigenvalue weighted by atomic mass is 10.1. The zero-order valence-electron chi connectivity index (χ0n) is 8.35. The van der Waals surface area contributed by atoms with Gasteiger partial charge in [-0.15, -0.1) is 0 Å². The standard InChI is InChI=1S/C12H18/c1-4-5-6-7-12-8-10(2)11(3)9-12/h5-6,8H,4,7,9H2,1-3H3/b6-5+. The molecule has 0 fully saturated rings. The molecule has 0 bridgehead atoms. The first-order chi connectivity index (χ1) is 5.74. The van der Waals surface area contributed by atoms with Crippen LogP contribution < -0.4 is 0 Å². The van der Waals surface area contributed by atoms with Crippen molar-refractivity contribution >= 4 is 0 Å². The van der Waals surface area contributed by atoms with Crippen molar-refractivity contribution in [3.63, 3.8) is 0 Å². The predicted molar refractivity (Wildman–Crippen MR) is 55.1 cm³/mol. The molecule has 0 aromatic heterocycles. The molecule has 0 aromatic rings. The summed E-state index contributed by atoms with van der Waals surface area (Å²) in [7, 11) is 0. The molecular weight excluding hydrogens is 144 g/mol. The summed E-state index contributed by atoms with van der Waals surface area (Å²) in [6.45, 7) is 6.60. The van der Waals surface area contributed by atoms with Crippen LogP contribution in [-0.4, -0.2) is 0 Å². The van der Waals surface area contributed by atoms with Gasteiger partial charge in [-0.25, -0.2) is 0 Å². The van der Waals surface area contributed by atoms with Crippen molar-refractivity contribution in [2.24, 2.45) is 0 Å². The van der Waals surface area contributed by atoms with Gasteiger partial charge in [0, 0.05) is 0 Å². The molecule has 0 heterocycles. The predicted octanol–water partition coefficient (Wildman–Crippen LogP) is 4.01. The van der Waals surface area contributed by atoms with E-state index < -0.39 is 0 Å². The molecule has 66 valence electrons. The fourth-order valence-corrected chi connectivity index (χ4v) is 1.49. The van der Waals surface area contributed by atoms with Gasteiger partial charge in [0.2, 0.25) is 0 Å². The summed E-state index contributed by atoms with van der Waals surface area (Å²) in [6.07, 6.45) is 10.3. The molecule has 0 aliphatic heterocycles. The molecule has 0 nitrogen and oxygen atoms in total. The number of hydrogen-bond donors (Lipinski definition) is 0. The van der Waals surface area contributed by atoms with Crippen LogP contribution in [0.2, 0.25) is 0 Å². The largest absolute Gasteiger partial charge is 0.0885 e. The van der Waals surface area contributed by atoms with Crippen LogP contribution in [-0.2, 0) is 0 Å². The highest BCUT2D eigenvalue weighted by Crippen LogP contribution is 2.26. The maximum Gasteiger partial charge on any atom is -0.00992 e. The van der Waals surface area contributed by atoms with Gasteiger partial charge in [0.1, 0.15) is 0 Å². The Labute approximate surface area is 75.7 Å². The monoisotopic (exact) mass is 162 g/mol. The fourth-order valence-electron chi connectivity index (χ4n) is 1.49. The van der Waals surface area contributed by atoms with Gasteiger partial charge in [0.15, 0.2) is 0 Å². The Bertz CT molecular complexity index is 239. The highest BCUT2D eigenvalue weighted by Gasteiger charge is 2.06. The normalized spacial score (nSPS) is 17.8. The second kappa shape index (κ2) is 4.30. The maximum absolute atomic E-state index is 2.33. The molecule has 0 aromatic carbocycles. The summed E-state index contributed by atoms with van der Waals surface area (Å²) >= 11 is 0. The molecule has 0 saturated carbocycles. The van der Waals surface area contributed by atoms with Crippen LogP contribution >= 0.6 is 0 Å². The number of hydrogen-bond acceptors (Lipinski definition) is 0. The van der Waals surface area contributed by atoms with E-state index in [0.717, 1.165) is 12.8 Å². The van der Waals surface area contributed by atoms with Gasteiger partial charge in [0.05, 0.1) is 0 Å². The Morgan fingerprint density at radius 2 is 2.08 bits per heavy atom. The summed E-state index contributed by atoms with van der Waals surface area (Å²) in [5.74, 6) is 0. The molecular formula is C12H18. The van der Waals surface area contributed by atoms with Crippen LogP contribution in [0.25, 0.3) is 0 Å². The average molecular weight is 162 g/mol. The van der Waals surface area contributed by atoms with Gasteiger partial charge in [0.25, 0.3) is 0 Å². The van der Waals surface area contributed by atoms with Gasteiger partial charge in [-0.05, 0) is 33.1 Å². The highest BCUT2D eigenvalue weighted by molar-refractivity contribution is 5.37. The van der Waals surface area contributed by atoms with Gasteiger partial charge in [-0.2, -0.15) is 0 Å². The second-order valence-electron chi connectivity index (χ2n) is 3.53. The Hall–Kier alpha value is -0.780. The average Bonchev–Trinajstić information content (AvgIpc) is 2.32. The Morgan fingerprint density at radius 3 is 2.58 bits per heavy atom. The molecule has 0 saturated heterocycles. The van der Waals surface area contributed by atoms with Gasteiger partial charge in [-0.3, -0.25) is 0 Å². The van der Waals surface area contributed by atoms with E-state index in [1.54, 1.807) is 5.57 Å². The van der Waals surface area contributed by atoms with Gasteiger partial charge < -0.3 is 0 Å². The van der Waals surface area contributed by atoms with Gasteiger partial charge >= 0.3 is 0 Å². The van der Waals surface area contributed by atoms with Crippen molar-refractivity contribution in [1.29, 1.82) is 0 Å². The highest BCUT2D eigenvalue weighted by atomic mass is 14.1. The Morgan fingerprint density at radius 1 is 1.33 bits per heavy atom. The van der Waals surface area contributed by atoms with Crippen molar-refractivity contribution in [1.82, 2.24) is 0 Å². The summed E-state index contributed by atoms with van der Waals surface area (Å²) < 4.78 is 0. The molecule has 0 amide bonds. The summed E-state index contributed by atoms with van der Waals surface area (Å²) in [4.78, 5) is 0. The van der Waals surface area contributed by atoms with E-state index in [1.807, 2.05) is 0 Å². The van der Waals surface area contributed by atoms with Crippen LogP contribution in [0.5, 0.6) is 0 Å². The second-order valence-corrected chi connectivity index (χ2v) is 3.53. The van der Waals surface area contributed by atoms with Crippen LogP contribution in [0.3, 0.4) is 0 Å². The number of rotatable bonds is 3. The third-order valence-corrected chi connectivity index (χ3v) is 2.37. The zero-order chi connectivity index (χ0) is 8.97. The van der Waals surface area contributed by atoms with Crippen molar-refractivity contribution in [2.45, 2.75) is 40.0 Å². The third kappa shape index (κ3) is 2.37. The molecule has 1 aliphatic rings. The molecule has 12 heavy (non-hydrogen) atoms. The minimum absolute atomic E-state index is 1.14. The minimum Gasteiger partial charge on any atom is -0.0885 e. The van der Waals surface area contributed by atoms with Gasteiger partial charge in [-0.1, -0.05) is 41.9 Å².